The lowest BCUT2D eigenvalue weighted by atomic mass is 9.71. The Balaban J connectivity index is 5.46. The number of nitrogens with zero attached hydrogens (tertiary/aromatic N) is 1. The summed E-state index contributed by atoms with van der Waals surface area (Å²) in [5.41, 5.74) is -1.37. The molecular weight excluding hydrogens is 234 g/mol. The minimum Gasteiger partial charge on any atom is -0.468 e. The Hall–Kier alpha value is -1.57. The number of unbranched alkanes of at least 4 members (excludes halogenated alkanes) is 1. The van der Waals surface area contributed by atoms with Crippen LogP contribution in [0.5, 0.6) is 0 Å². The maximum atomic E-state index is 12.0. The van der Waals surface area contributed by atoms with Gasteiger partial charge >= 0.3 is 11.9 Å². The van der Waals surface area contributed by atoms with Crippen molar-refractivity contribution in [3.8, 4) is 6.07 Å². The molecule has 0 fully saturated rings. The predicted octanol–water partition coefficient (Wildman–Crippen LogP) is 2.06. The van der Waals surface area contributed by atoms with Gasteiger partial charge in [0, 0.05) is 6.42 Å². The number of hydrogen-bond acceptors (Lipinski definition) is 5. The quantitative estimate of drug-likeness (QED) is 0.514. The Morgan fingerprint density at radius 1 is 1.28 bits per heavy atom. The number of ether oxygens (including phenoxy) is 2. The van der Waals surface area contributed by atoms with Crippen LogP contribution in [0.25, 0.3) is 0 Å². The molecule has 0 rings (SSSR count). The van der Waals surface area contributed by atoms with Crippen LogP contribution in [0.4, 0.5) is 0 Å². The first-order valence-corrected chi connectivity index (χ1v) is 6.05. The lowest BCUT2D eigenvalue weighted by Crippen LogP contribution is -2.46. The molecule has 0 N–H and O–H groups in total. The zero-order valence-electron chi connectivity index (χ0n) is 11.5. The highest BCUT2D eigenvalue weighted by Gasteiger charge is 2.51. The van der Waals surface area contributed by atoms with Gasteiger partial charge in [0.2, 0.25) is 0 Å². The van der Waals surface area contributed by atoms with Gasteiger partial charge in [0.25, 0.3) is 0 Å². The molecule has 0 aliphatic rings. The molecule has 0 radical (unpaired) electrons. The molecule has 0 saturated heterocycles. The number of carbonyl (C=O) groups excluding carboxylic acids is 2. The van der Waals surface area contributed by atoms with Crippen LogP contribution in [0.2, 0.25) is 0 Å². The van der Waals surface area contributed by atoms with Crippen LogP contribution >= 0.6 is 0 Å². The summed E-state index contributed by atoms with van der Waals surface area (Å²) < 4.78 is 9.51. The number of rotatable bonds is 7. The molecule has 0 aromatic carbocycles. The highest BCUT2D eigenvalue weighted by molar-refractivity contribution is 6.00. The molecule has 18 heavy (non-hydrogen) atoms. The van der Waals surface area contributed by atoms with Crippen LogP contribution in [0.15, 0.2) is 0 Å². The summed E-state index contributed by atoms with van der Waals surface area (Å²) in [6.07, 6.45) is 1.98. The van der Waals surface area contributed by atoms with Crippen LogP contribution < -0.4 is 0 Å². The zero-order chi connectivity index (χ0) is 14.2. The lowest BCUT2D eigenvalue weighted by molar-refractivity contribution is -0.174. The summed E-state index contributed by atoms with van der Waals surface area (Å²) in [4.78, 5) is 24.0. The summed E-state index contributed by atoms with van der Waals surface area (Å²) in [5, 5.41) is 8.78. The summed E-state index contributed by atoms with van der Waals surface area (Å²) in [5.74, 6) is -1.68. The molecule has 5 heteroatoms. The molecule has 0 saturated carbocycles. The Labute approximate surface area is 108 Å². The van der Waals surface area contributed by atoms with E-state index in [2.05, 4.69) is 0 Å². The van der Waals surface area contributed by atoms with Crippen molar-refractivity contribution in [2.45, 2.75) is 39.5 Å². The molecule has 0 aromatic rings. The smallest absolute Gasteiger partial charge is 0.323 e. The van der Waals surface area contributed by atoms with E-state index in [1.807, 2.05) is 13.0 Å². The van der Waals surface area contributed by atoms with Gasteiger partial charge in [-0.2, -0.15) is 5.26 Å². The molecule has 5 nitrogen and oxygen atoms in total. The first-order valence-electron chi connectivity index (χ1n) is 6.05. The molecule has 102 valence electrons. The zero-order valence-corrected chi connectivity index (χ0v) is 11.5. The summed E-state index contributed by atoms with van der Waals surface area (Å²) in [6, 6.07) is 1.99. The molecule has 0 spiro atoms. The number of carbonyl (C=O) groups is 2. The highest BCUT2D eigenvalue weighted by atomic mass is 16.5. The van der Waals surface area contributed by atoms with E-state index in [-0.39, 0.29) is 6.42 Å². The first kappa shape index (κ1) is 16.4. The lowest BCUT2D eigenvalue weighted by Gasteiger charge is -2.32. The molecular formula is C13H21NO4. The fraction of sp³-hybridized carbons (Fsp3) is 0.769. The van der Waals surface area contributed by atoms with Gasteiger partial charge in [-0.1, -0.05) is 26.7 Å². The average molecular weight is 255 g/mol. The van der Waals surface area contributed by atoms with Gasteiger partial charge < -0.3 is 9.47 Å². The third kappa shape index (κ3) is 3.22. The van der Waals surface area contributed by atoms with Crippen molar-refractivity contribution >= 4 is 11.9 Å². The normalized spacial score (nSPS) is 12.4. The second-order valence-corrected chi connectivity index (χ2v) is 4.32. The maximum Gasteiger partial charge on any atom is 0.323 e. The van der Waals surface area contributed by atoms with Crippen molar-refractivity contribution in [1.82, 2.24) is 0 Å². The Morgan fingerprint density at radius 2 is 1.78 bits per heavy atom. The second kappa shape index (κ2) is 7.70. The molecule has 0 heterocycles. The van der Waals surface area contributed by atoms with Crippen molar-refractivity contribution in [3.63, 3.8) is 0 Å². The van der Waals surface area contributed by atoms with E-state index in [0.29, 0.717) is 12.8 Å². The van der Waals surface area contributed by atoms with Crippen molar-refractivity contribution in [1.29, 1.82) is 5.26 Å². The topological polar surface area (TPSA) is 76.4 Å². The van der Waals surface area contributed by atoms with Gasteiger partial charge in [-0.3, -0.25) is 9.59 Å². The van der Waals surface area contributed by atoms with Crippen molar-refractivity contribution in [2.75, 3.05) is 14.2 Å². The summed E-state index contributed by atoms with van der Waals surface area (Å²) in [7, 11) is 2.48. The van der Waals surface area contributed by atoms with Crippen LogP contribution in [0.1, 0.15) is 39.5 Å². The van der Waals surface area contributed by atoms with Gasteiger partial charge in [0.05, 0.1) is 20.3 Å². The fourth-order valence-electron chi connectivity index (χ4n) is 2.07. The third-order valence-corrected chi connectivity index (χ3v) is 3.26. The monoisotopic (exact) mass is 255 g/mol. The predicted molar refractivity (Wildman–Crippen MR) is 65.4 cm³/mol. The van der Waals surface area contributed by atoms with Crippen LogP contribution in [0.3, 0.4) is 0 Å². The number of esters is 2. The first-order chi connectivity index (χ1) is 8.50. The molecule has 0 aliphatic heterocycles. The van der Waals surface area contributed by atoms with E-state index in [0.717, 1.165) is 6.42 Å². The van der Waals surface area contributed by atoms with E-state index in [1.54, 1.807) is 6.92 Å². The van der Waals surface area contributed by atoms with Crippen LogP contribution in [0, 0.1) is 22.7 Å². The van der Waals surface area contributed by atoms with Crippen LogP contribution in [-0.2, 0) is 19.1 Å². The van der Waals surface area contributed by atoms with Gasteiger partial charge in [0.15, 0.2) is 5.41 Å². The van der Waals surface area contributed by atoms with E-state index in [9.17, 15) is 9.59 Å². The Bertz CT molecular complexity index is 316. The van der Waals surface area contributed by atoms with Gasteiger partial charge in [-0.05, 0) is 12.3 Å². The molecule has 0 bridgehead atoms. The average Bonchev–Trinajstić information content (AvgIpc) is 2.38. The van der Waals surface area contributed by atoms with Crippen molar-refractivity contribution < 1.29 is 19.1 Å². The second-order valence-electron chi connectivity index (χ2n) is 4.32. The largest absolute Gasteiger partial charge is 0.468 e. The van der Waals surface area contributed by atoms with E-state index >= 15 is 0 Å². The summed E-state index contributed by atoms with van der Waals surface area (Å²) in [6.45, 7) is 3.67. The Kier molecular flexibility index (Phi) is 7.03. The summed E-state index contributed by atoms with van der Waals surface area (Å²) >= 11 is 0. The standard InChI is InChI=1S/C13H21NO4/c1-5-6-8-13(11(15)17-3,12(16)18-4)10(2)7-9-14/h10H,5-8H2,1-4H3. The fourth-order valence-corrected chi connectivity index (χ4v) is 2.07. The highest BCUT2D eigenvalue weighted by Crippen LogP contribution is 2.38. The number of nitriles is 1. The number of hydrogen-bond donors (Lipinski definition) is 0. The van der Waals surface area contributed by atoms with Crippen LogP contribution in [-0.4, -0.2) is 26.2 Å². The molecule has 0 aromatic heterocycles. The van der Waals surface area contributed by atoms with Crippen molar-refractivity contribution in [2.24, 2.45) is 11.3 Å². The van der Waals surface area contributed by atoms with E-state index in [1.165, 1.54) is 14.2 Å². The van der Waals surface area contributed by atoms with Gasteiger partial charge in [-0.15, -0.1) is 0 Å². The minimum atomic E-state index is -1.37. The van der Waals surface area contributed by atoms with Crippen molar-refractivity contribution in [3.05, 3.63) is 0 Å². The molecule has 0 aliphatic carbocycles. The van der Waals surface area contributed by atoms with E-state index < -0.39 is 23.3 Å². The molecule has 1 atom stereocenters. The minimum absolute atomic E-state index is 0.105. The molecule has 0 amide bonds. The number of methoxy groups -OCH3 is 2. The van der Waals surface area contributed by atoms with E-state index in [4.69, 9.17) is 14.7 Å². The van der Waals surface area contributed by atoms with Gasteiger partial charge in [-0.25, -0.2) is 0 Å². The SMILES string of the molecule is CCCCC(C(=O)OC)(C(=O)OC)C(C)CC#N. The molecule has 1 unspecified atom stereocenters. The van der Waals surface area contributed by atoms with Gasteiger partial charge in [0.1, 0.15) is 0 Å². The maximum absolute atomic E-state index is 12.0. The Morgan fingerprint density at radius 3 is 2.11 bits per heavy atom. The third-order valence-electron chi connectivity index (χ3n) is 3.26.